The molecule has 0 bridgehead atoms. The molecule has 0 spiro atoms. The Kier molecular flexibility index (Phi) is 5.84. The molecule has 0 amide bonds. The second-order valence-electron chi connectivity index (χ2n) is 9.39. The van der Waals surface area contributed by atoms with Gasteiger partial charge in [-0.3, -0.25) is 0 Å². The molecule has 0 radical (unpaired) electrons. The van der Waals surface area contributed by atoms with Crippen LogP contribution in [-0.2, 0) is 0 Å². The van der Waals surface area contributed by atoms with Gasteiger partial charge in [0.1, 0.15) is 0 Å². The number of aromatic nitrogens is 3. The maximum absolute atomic E-state index is 6.60. The lowest BCUT2D eigenvalue weighted by Gasteiger charge is -2.18. The molecule has 0 N–H and O–H groups in total. The van der Waals surface area contributed by atoms with E-state index in [9.17, 15) is 0 Å². The van der Waals surface area contributed by atoms with Gasteiger partial charge in [0.15, 0.2) is 17.5 Å². The van der Waals surface area contributed by atoms with Gasteiger partial charge in [-0.2, -0.15) is 0 Å². The number of benzene rings is 6. The van der Waals surface area contributed by atoms with Gasteiger partial charge in [0.05, 0.1) is 0 Å². The van der Waals surface area contributed by atoms with E-state index in [1.807, 2.05) is 78.9 Å². The summed E-state index contributed by atoms with van der Waals surface area (Å²) in [5, 5.41) is 5.09. The van der Waals surface area contributed by atoms with Crippen molar-refractivity contribution in [2.75, 3.05) is 0 Å². The number of fused-ring (bicyclic) bond motifs is 3. The van der Waals surface area contributed by atoms with Gasteiger partial charge in [0, 0.05) is 27.3 Å². The second kappa shape index (κ2) is 9.79. The predicted molar refractivity (Wildman–Crippen MR) is 162 cm³/mol. The third-order valence-corrected chi connectivity index (χ3v) is 7.21. The van der Waals surface area contributed by atoms with Gasteiger partial charge < -0.3 is 0 Å². The van der Waals surface area contributed by atoms with Crippen LogP contribution < -0.4 is 0 Å². The van der Waals surface area contributed by atoms with E-state index < -0.39 is 0 Å². The van der Waals surface area contributed by atoms with E-state index in [1.54, 1.807) is 0 Å². The zero-order valence-electron chi connectivity index (χ0n) is 20.9. The Bertz CT molecular complexity index is 1900. The molecule has 0 aliphatic heterocycles. The number of hydrogen-bond donors (Lipinski definition) is 0. The molecule has 0 unspecified atom stereocenters. The highest BCUT2D eigenvalue weighted by Gasteiger charge is 2.21. The molecule has 0 atom stereocenters. The highest BCUT2D eigenvalue weighted by Crippen LogP contribution is 2.44. The van der Waals surface area contributed by atoms with Crippen LogP contribution in [0.2, 0.25) is 5.02 Å². The summed E-state index contributed by atoms with van der Waals surface area (Å²) >= 11 is 6.60. The molecule has 4 heteroatoms. The van der Waals surface area contributed by atoms with E-state index in [1.165, 1.54) is 0 Å². The zero-order chi connectivity index (χ0) is 26.2. The lowest BCUT2D eigenvalue weighted by atomic mass is 9.87. The Hall–Kier alpha value is -4.86. The van der Waals surface area contributed by atoms with Crippen LogP contribution in [0.1, 0.15) is 0 Å². The minimum absolute atomic E-state index is 0.625. The van der Waals surface area contributed by atoms with Crippen molar-refractivity contribution in [3.8, 4) is 45.3 Å². The van der Waals surface area contributed by atoms with Crippen LogP contribution in [0.25, 0.3) is 66.8 Å². The molecule has 3 nitrogen and oxygen atoms in total. The Morgan fingerprint density at radius 3 is 1.41 bits per heavy atom. The van der Waals surface area contributed by atoms with Crippen LogP contribution in [0.4, 0.5) is 0 Å². The molecular formula is C35H22ClN3. The molecule has 39 heavy (non-hydrogen) atoms. The van der Waals surface area contributed by atoms with Crippen molar-refractivity contribution in [3.05, 3.63) is 138 Å². The van der Waals surface area contributed by atoms with Crippen molar-refractivity contribution < 1.29 is 0 Å². The molecule has 7 aromatic rings. The minimum Gasteiger partial charge on any atom is -0.208 e. The molecule has 0 saturated carbocycles. The van der Waals surface area contributed by atoms with Crippen molar-refractivity contribution in [1.29, 1.82) is 0 Å². The number of nitrogens with zero attached hydrogens (tertiary/aromatic N) is 3. The molecule has 0 aliphatic rings. The van der Waals surface area contributed by atoms with Crippen LogP contribution in [0.15, 0.2) is 133 Å². The maximum Gasteiger partial charge on any atom is 0.165 e. The van der Waals surface area contributed by atoms with Gasteiger partial charge >= 0.3 is 0 Å². The molecule has 0 fully saturated rings. The minimum atomic E-state index is 0.625. The topological polar surface area (TPSA) is 38.7 Å². The first kappa shape index (κ1) is 23.3. The fourth-order valence-electron chi connectivity index (χ4n) is 5.22. The third-order valence-electron chi connectivity index (χ3n) is 6.97. The van der Waals surface area contributed by atoms with E-state index in [4.69, 9.17) is 26.6 Å². The number of halogens is 1. The molecule has 0 aliphatic carbocycles. The highest BCUT2D eigenvalue weighted by molar-refractivity contribution is 6.32. The molecule has 1 heterocycles. The van der Waals surface area contributed by atoms with Gasteiger partial charge in [-0.05, 0) is 39.2 Å². The standard InChI is InChI=1S/C35H22ClN3/c36-26-20-21-28-27-18-10-11-19-29(27)32(31(30(28)22-26)23-12-4-1-5-13-23)35-38-33(24-14-6-2-7-15-24)37-34(39-35)25-16-8-3-9-17-25/h1-22H. The zero-order valence-corrected chi connectivity index (χ0v) is 21.7. The summed E-state index contributed by atoms with van der Waals surface area (Å²) in [6, 6.07) is 45.1. The Balaban J connectivity index is 1.65. The molecule has 1 aromatic heterocycles. The van der Waals surface area contributed by atoms with Crippen LogP contribution in [-0.4, -0.2) is 15.0 Å². The summed E-state index contributed by atoms with van der Waals surface area (Å²) in [4.78, 5) is 15.1. The second-order valence-corrected chi connectivity index (χ2v) is 9.83. The lowest BCUT2D eigenvalue weighted by molar-refractivity contribution is 1.08. The Morgan fingerprint density at radius 1 is 0.359 bits per heavy atom. The van der Waals surface area contributed by atoms with Crippen molar-refractivity contribution in [2.45, 2.75) is 0 Å². The largest absolute Gasteiger partial charge is 0.208 e. The summed E-state index contributed by atoms with van der Waals surface area (Å²) in [7, 11) is 0. The Labute approximate surface area is 231 Å². The smallest absolute Gasteiger partial charge is 0.165 e. The summed E-state index contributed by atoms with van der Waals surface area (Å²) in [6.45, 7) is 0. The van der Waals surface area contributed by atoms with E-state index >= 15 is 0 Å². The summed E-state index contributed by atoms with van der Waals surface area (Å²) in [5.74, 6) is 1.89. The predicted octanol–water partition coefficient (Wildman–Crippen LogP) is 9.50. The Morgan fingerprint density at radius 2 is 0.821 bits per heavy atom. The highest BCUT2D eigenvalue weighted by atomic mass is 35.5. The van der Waals surface area contributed by atoms with Gasteiger partial charge in [0.2, 0.25) is 0 Å². The summed E-state index contributed by atoms with van der Waals surface area (Å²) in [5.41, 5.74) is 4.97. The maximum atomic E-state index is 6.60. The van der Waals surface area contributed by atoms with Crippen molar-refractivity contribution in [2.24, 2.45) is 0 Å². The fraction of sp³-hybridized carbons (Fsp3) is 0. The first-order chi connectivity index (χ1) is 19.3. The lowest BCUT2D eigenvalue weighted by Crippen LogP contribution is -2.02. The molecule has 7 rings (SSSR count). The van der Waals surface area contributed by atoms with E-state index in [2.05, 4.69) is 54.6 Å². The van der Waals surface area contributed by atoms with Crippen LogP contribution in [0.5, 0.6) is 0 Å². The summed E-state index contributed by atoms with van der Waals surface area (Å²) < 4.78 is 0. The van der Waals surface area contributed by atoms with Crippen molar-refractivity contribution in [1.82, 2.24) is 15.0 Å². The quantitative estimate of drug-likeness (QED) is 0.217. The monoisotopic (exact) mass is 519 g/mol. The van der Waals surface area contributed by atoms with Gasteiger partial charge in [-0.25, -0.2) is 15.0 Å². The van der Waals surface area contributed by atoms with Crippen LogP contribution >= 0.6 is 11.6 Å². The van der Waals surface area contributed by atoms with E-state index in [0.29, 0.717) is 22.5 Å². The normalized spacial score (nSPS) is 11.2. The first-order valence-electron chi connectivity index (χ1n) is 12.8. The van der Waals surface area contributed by atoms with Crippen LogP contribution in [0, 0.1) is 0 Å². The van der Waals surface area contributed by atoms with Crippen molar-refractivity contribution >= 4 is 33.1 Å². The van der Waals surface area contributed by atoms with Gasteiger partial charge in [-0.15, -0.1) is 0 Å². The SMILES string of the molecule is Clc1ccc2c(c1)c(-c1ccccc1)c(-c1nc(-c3ccccc3)nc(-c3ccccc3)n1)c1ccccc12. The molecule has 0 saturated heterocycles. The van der Waals surface area contributed by atoms with E-state index in [0.717, 1.165) is 49.4 Å². The van der Waals surface area contributed by atoms with Crippen molar-refractivity contribution in [3.63, 3.8) is 0 Å². The van der Waals surface area contributed by atoms with E-state index in [-0.39, 0.29) is 0 Å². The number of rotatable bonds is 4. The van der Waals surface area contributed by atoms with Crippen LogP contribution in [0.3, 0.4) is 0 Å². The van der Waals surface area contributed by atoms with Gasteiger partial charge in [0.25, 0.3) is 0 Å². The third kappa shape index (κ3) is 4.23. The first-order valence-corrected chi connectivity index (χ1v) is 13.2. The average molecular weight is 520 g/mol. The fourth-order valence-corrected chi connectivity index (χ4v) is 5.39. The average Bonchev–Trinajstić information content (AvgIpc) is 3.01. The molecule has 184 valence electrons. The molecular weight excluding hydrogens is 498 g/mol. The van der Waals surface area contributed by atoms with Gasteiger partial charge in [-0.1, -0.05) is 133 Å². The molecule has 6 aromatic carbocycles. The summed E-state index contributed by atoms with van der Waals surface area (Å²) in [6.07, 6.45) is 0. The number of hydrogen-bond acceptors (Lipinski definition) is 3.